The highest BCUT2D eigenvalue weighted by atomic mass is 16.5. The number of hydrogen-bond acceptors (Lipinski definition) is 5. The Bertz CT molecular complexity index is 857. The van der Waals surface area contributed by atoms with Crippen LogP contribution >= 0.6 is 0 Å². The lowest BCUT2D eigenvalue weighted by Crippen LogP contribution is -2.06. The Labute approximate surface area is 146 Å². The monoisotopic (exact) mass is 339 g/mol. The maximum Gasteiger partial charge on any atom is 0.203 e. The van der Waals surface area contributed by atoms with Crippen LogP contribution in [0, 0.1) is 0 Å². The van der Waals surface area contributed by atoms with Crippen molar-refractivity contribution in [2.24, 2.45) is 7.05 Å². The molecule has 25 heavy (non-hydrogen) atoms. The molecule has 6 nitrogen and oxygen atoms in total. The number of ether oxygens (including phenoxy) is 2. The van der Waals surface area contributed by atoms with E-state index in [-0.39, 0.29) is 5.75 Å². The van der Waals surface area contributed by atoms with Gasteiger partial charge in [0.2, 0.25) is 5.95 Å². The number of phenols is 1. The van der Waals surface area contributed by atoms with Gasteiger partial charge in [0.05, 0.1) is 26.1 Å². The fourth-order valence-corrected chi connectivity index (χ4v) is 2.65. The van der Waals surface area contributed by atoms with E-state index in [4.69, 9.17) is 9.47 Å². The second-order valence-electron chi connectivity index (χ2n) is 5.58. The van der Waals surface area contributed by atoms with Gasteiger partial charge in [0.25, 0.3) is 0 Å². The van der Waals surface area contributed by atoms with Gasteiger partial charge in [0.1, 0.15) is 5.75 Å². The van der Waals surface area contributed by atoms with Crippen LogP contribution in [-0.2, 0) is 13.6 Å². The molecule has 0 amide bonds. The fraction of sp³-hybridized carbons (Fsp3) is 0.211. The van der Waals surface area contributed by atoms with Gasteiger partial charge in [-0.25, -0.2) is 4.98 Å². The number of anilines is 1. The lowest BCUT2D eigenvalue weighted by Gasteiger charge is -2.11. The third-order valence-corrected chi connectivity index (χ3v) is 4.11. The van der Waals surface area contributed by atoms with Gasteiger partial charge in [0.15, 0.2) is 11.5 Å². The van der Waals surface area contributed by atoms with Crippen LogP contribution in [0.2, 0.25) is 0 Å². The van der Waals surface area contributed by atoms with Gasteiger partial charge >= 0.3 is 0 Å². The van der Waals surface area contributed by atoms with E-state index in [0.29, 0.717) is 18.2 Å². The molecule has 0 saturated heterocycles. The molecule has 0 unspecified atom stereocenters. The van der Waals surface area contributed by atoms with E-state index < -0.39 is 0 Å². The fourth-order valence-electron chi connectivity index (χ4n) is 2.65. The molecule has 0 saturated carbocycles. The normalized spacial score (nSPS) is 10.5. The Hall–Kier alpha value is -3.15. The standard InChI is InChI=1S/C19H21N3O3/c1-22-16(13-7-9-15(24-2)10-8-13)12-21-19(22)20-11-14-5-4-6-17(25-3)18(14)23/h4-10,12,23H,11H2,1-3H3,(H,20,21). The Morgan fingerprint density at radius 3 is 2.52 bits per heavy atom. The number of methoxy groups -OCH3 is 2. The van der Waals surface area contributed by atoms with Gasteiger partial charge in [0, 0.05) is 24.7 Å². The number of hydrogen-bond donors (Lipinski definition) is 2. The second-order valence-corrected chi connectivity index (χ2v) is 5.58. The molecular weight excluding hydrogens is 318 g/mol. The number of rotatable bonds is 6. The maximum atomic E-state index is 10.2. The van der Waals surface area contributed by atoms with E-state index in [1.54, 1.807) is 13.2 Å². The van der Waals surface area contributed by atoms with Crippen LogP contribution in [0.3, 0.4) is 0 Å². The van der Waals surface area contributed by atoms with Crippen LogP contribution in [0.1, 0.15) is 5.56 Å². The van der Waals surface area contributed by atoms with Gasteiger partial charge in [-0.1, -0.05) is 12.1 Å². The van der Waals surface area contributed by atoms with Gasteiger partial charge < -0.3 is 24.5 Å². The average Bonchev–Trinajstić information content (AvgIpc) is 3.01. The summed E-state index contributed by atoms with van der Waals surface area (Å²) >= 11 is 0. The molecule has 0 radical (unpaired) electrons. The number of aromatic hydroxyl groups is 1. The van der Waals surface area contributed by atoms with Crippen molar-refractivity contribution in [2.75, 3.05) is 19.5 Å². The van der Waals surface area contributed by atoms with E-state index in [1.165, 1.54) is 7.11 Å². The average molecular weight is 339 g/mol. The van der Waals surface area contributed by atoms with Crippen LogP contribution in [0.15, 0.2) is 48.7 Å². The number of para-hydroxylation sites is 1. The number of imidazole rings is 1. The van der Waals surface area contributed by atoms with E-state index in [9.17, 15) is 5.11 Å². The first kappa shape index (κ1) is 16.7. The van der Waals surface area contributed by atoms with Crippen molar-refractivity contribution in [2.45, 2.75) is 6.54 Å². The van der Waals surface area contributed by atoms with E-state index in [0.717, 1.165) is 22.6 Å². The summed E-state index contributed by atoms with van der Waals surface area (Å²) in [6, 6.07) is 13.2. The minimum absolute atomic E-state index is 0.141. The first-order valence-electron chi connectivity index (χ1n) is 7.89. The lowest BCUT2D eigenvalue weighted by atomic mass is 10.1. The largest absolute Gasteiger partial charge is 0.504 e. The molecular formula is C19H21N3O3. The van der Waals surface area contributed by atoms with Gasteiger partial charge in [-0.15, -0.1) is 0 Å². The summed E-state index contributed by atoms with van der Waals surface area (Å²) in [4.78, 5) is 4.43. The maximum absolute atomic E-state index is 10.2. The predicted molar refractivity (Wildman–Crippen MR) is 97.2 cm³/mol. The van der Waals surface area contributed by atoms with Crippen LogP contribution in [0.5, 0.6) is 17.2 Å². The minimum Gasteiger partial charge on any atom is -0.504 e. The highest BCUT2D eigenvalue weighted by Crippen LogP contribution is 2.30. The van der Waals surface area contributed by atoms with Crippen molar-refractivity contribution in [3.63, 3.8) is 0 Å². The lowest BCUT2D eigenvalue weighted by molar-refractivity contribution is 0.371. The van der Waals surface area contributed by atoms with Crippen molar-refractivity contribution in [1.82, 2.24) is 9.55 Å². The molecule has 1 aromatic heterocycles. The number of aromatic nitrogens is 2. The van der Waals surface area contributed by atoms with Crippen LogP contribution in [0.4, 0.5) is 5.95 Å². The van der Waals surface area contributed by atoms with E-state index >= 15 is 0 Å². The summed E-state index contributed by atoms with van der Waals surface area (Å²) in [5.74, 6) is 2.13. The van der Waals surface area contributed by atoms with Gasteiger partial charge in [-0.3, -0.25) is 0 Å². The molecule has 0 bridgehead atoms. The zero-order chi connectivity index (χ0) is 17.8. The van der Waals surface area contributed by atoms with Crippen molar-refractivity contribution >= 4 is 5.95 Å². The van der Waals surface area contributed by atoms with Crippen molar-refractivity contribution in [3.05, 3.63) is 54.2 Å². The van der Waals surface area contributed by atoms with Crippen molar-refractivity contribution < 1.29 is 14.6 Å². The quantitative estimate of drug-likeness (QED) is 0.720. The van der Waals surface area contributed by atoms with E-state index in [1.807, 2.05) is 54.2 Å². The van der Waals surface area contributed by atoms with E-state index in [2.05, 4.69) is 10.3 Å². The molecule has 0 aliphatic heterocycles. The first-order valence-corrected chi connectivity index (χ1v) is 7.89. The Morgan fingerprint density at radius 2 is 1.84 bits per heavy atom. The van der Waals surface area contributed by atoms with Crippen molar-refractivity contribution in [1.29, 1.82) is 0 Å². The second kappa shape index (κ2) is 7.17. The molecule has 2 aromatic carbocycles. The zero-order valence-corrected chi connectivity index (χ0v) is 14.5. The number of phenolic OH excluding ortho intramolecular Hbond substituents is 1. The molecule has 6 heteroatoms. The smallest absolute Gasteiger partial charge is 0.203 e. The molecule has 0 atom stereocenters. The summed E-state index contributed by atoms with van der Waals surface area (Å²) in [5, 5.41) is 13.4. The summed E-state index contributed by atoms with van der Waals surface area (Å²) in [6.07, 6.45) is 1.82. The first-order chi connectivity index (χ1) is 12.1. The highest BCUT2D eigenvalue weighted by Gasteiger charge is 2.11. The molecule has 0 aliphatic rings. The number of benzene rings is 2. The highest BCUT2D eigenvalue weighted by molar-refractivity contribution is 5.62. The summed E-state index contributed by atoms with van der Waals surface area (Å²) in [5.41, 5.74) is 2.78. The third-order valence-electron chi connectivity index (χ3n) is 4.11. The Balaban J connectivity index is 1.77. The molecule has 2 N–H and O–H groups in total. The van der Waals surface area contributed by atoms with Gasteiger partial charge in [-0.2, -0.15) is 0 Å². The Kier molecular flexibility index (Phi) is 4.79. The van der Waals surface area contributed by atoms with Crippen LogP contribution in [-0.4, -0.2) is 28.9 Å². The summed E-state index contributed by atoms with van der Waals surface area (Å²) in [6.45, 7) is 0.440. The van der Waals surface area contributed by atoms with Crippen LogP contribution < -0.4 is 14.8 Å². The summed E-state index contributed by atoms with van der Waals surface area (Å²) < 4.78 is 12.3. The molecule has 0 fully saturated rings. The number of nitrogens with zero attached hydrogens (tertiary/aromatic N) is 2. The van der Waals surface area contributed by atoms with Gasteiger partial charge in [-0.05, 0) is 30.3 Å². The van der Waals surface area contributed by atoms with Crippen LogP contribution in [0.25, 0.3) is 11.3 Å². The number of nitrogens with one attached hydrogen (secondary N) is 1. The SMILES string of the molecule is COc1ccc(-c2cnc(NCc3cccc(OC)c3O)n2C)cc1. The molecule has 3 aromatic rings. The third kappa shape index (κ3) is 3.38. The minimum atomic E-state index is 0.141. The Morgan fingerprint density at radius 1 is 1.08 bits per heavy atom. The predicted octanol–water partition coefficient (Wildman–Crippen LogP) is 3.42. The summed E-state index contributed by atoms with van der Waals surface area (Å²) in [7, 11) is 5.13. The molecule has 0 spiro atoms. The molecule has 3 rings (SSSR count). The zero-order valence-electron chi connectivity index (χ0n) is 14.5. The van der Waals surface area contributed by atoms with Crippen molar-refractivity contribution in [3.8, 4) is 28.5 Å². The molecule has 0 aliphatic carbocycles. The molecule has 1 heterocycles. The topological polar surface area (TPSA) is 68.5 Å². The molecule has 130 valence electrons.